The molecule has 0 unspecified atom stereocenters. The summed E-state index contributed by atoms with van der Waals surface area (Å²) in [6.45, 7) is 7.75. The van der Waals surface area contributed by atoms with Crippen molar-refractivity contribution in [1.82, 2.24) is 9.80 Å². The molecule has 8 heteroatoms. The zero-order valence-electron chi connectivity index (χ0n) is 19.8. The fraction of sp³-hybridized carbons (Fsp3) is 0.385. The Balaban J connectivity index is 1.56. The first-order valence-corrected chi connectivity index (χ1v) is 12.3. The molecule has 180 valence electrons. The zero-order valence-corrected chi connectivity index (χ0v) is 20.6. The monoisotopic (exact) mass is 482 g/mol. The van der Waals surface area contributed by atoms with Gasteiger partial charge < -0.3 is 23.7 Å². The molecule has 0 saturated heterocycles. The van der Waals surface area contributed by atoms with Crippen LogP contribution in [0.5, 0.6) is 11.5 Å². The van der Waals surface area contributed by atoms with Crippen LogP contribution in [0.3, 0.4) is 0 Å². The molecule has 2 aromatic heterocycles. The van der Waals surface area contributed by atoms with E-state index in [4.69, 9.17) is 13.9 Å². The van der Waals surface area contributed by atoms with Crippen LogP contribution in [0.15, 0.2) is 52.5 Å². The third kappa shape index (κ3) is 5.62. The topological polar surface area (TPSA) is 72.2 Å². The van der Waals surface area contributed by atoms with Crippen LogP contribution in [0.2, 0.25) is 0 Å². The Morgan fingerprint density at radius 2 is 1.91 bits per heavy atom. The van der Waals surface area contributed by atoms with Gasteiger partial charge in [-0.25, -0.2) is 0 Å². The van der Waals surface area contributed by atoms with Crippen molar-refractivity contribution >= 4 is 23.2 Å². The van der Waals surface area contributed by atoms with Crippen LogP contribution in [0.25, 0.3) is 0 Å². The molecular weight excluding hydrogens is 452 g/mol. The van der Waals surface area contributed by atoms with Crippen LogP contribution >= 0.6 is 11.3 Å². The number of carbonyl (C=O) groups excluding carboxylic acids is 2. The quantitative estimate of drug-likeness (QED) is 0.402. The summed E-state index contributed by atoms with van der Waals surface area (Å²) in [4.78, 5) is 31.3. The van der Waals surface area contributed by atoms with Crippen molar-refractivity contribution in [3.05, 3.63) is 69.8 Å². The van der Waals surface area contributed by atoms with Crippen molar-refractivity contribution in [2.75, 3.05) is 19.9 Å². The number of rotatable bonds is 10. The van der Waals surface area contributed by atoms with Crippen molar-refractivity contribution in [3.8, 4) is 11.5 Å². The first-order valence-electron chi connectivity index (χ1n) is 11.5. The van der Waals surface area contributed by atoms with Crippen molar-refractivity contribution in [3.63, 3.8) is 0 Å². The van der Waals surface area contributed by atoms with Crippen LogP contribution < -0.4 is 9.47 Å². The number of amides is 2. The lowest BCUT2D eigenvalue weighted by molar-refractivity contribution is -0.133. The molecule has 34 heavy (non-hydrogen) atoms. The van der Waals surface area contributed by atoms with Gasteiger partial charge in [-0.1, -0.05) is 26.3 Å². The molecule has 7 nitrogen and oxygen atoms in total. The SMILES string of the molecule is CC[C@H](C)CN(CC(=O)N(Cc1ccc2c(c1)OCO2)Cc1sccc1C)C(=O)c1ccco1. The highest BCUT2D eigenvalue weighted by molar-refractivity contribution is 7.10. The van der Waals surface area contributed by atoms with E-state index < -0.39 is 0 Å². The summed E-state index contributed by atoms with van der Waals surface area (Å²) in [6, 6.07) is 11.1. The van der Waals surface area contributed by atoms with Gasteiger partial charge in [0.15, 0.2) is 17.3 Å². The molecular formula is C26H30N2O5S. The Labute approximate surface area is 203 Å². The van der Waals surface area contributed by atoms with Gasteiger partial charge in [0, 0.05) is 18.0 Å². The number of aryl methyl sites for hydroxylation is 1. The smallest absolute Gasteiger partial charge is 0.290 e. The number of hydrogen-bond acceptors (Lipinski definition) is 6. The van der Waals surface area contributed by atoms with Gasteiger partial charge in [0.2, 0.25) is 12.7 Å². The lowest BCUT2D eigenvalue weighted by atomic mass is 10.1. The molecule has 1 aliphatic heterocycles. The summed E-state index contributed by atoms with van der Waals surface area (Å²) >= 11 is 1.63. The first kappa shape index (κ1) is 23.9. The van der Waals surface area contributed by atoms with Crippen molar-refractivity contribution in [2.45, 2.75) is 40.3 Å². The van der Waals surface area contributed by atoms with E-state index in [2.05, 4.69) is 19.9 Å². The van der Waals surface area contributed by atoms with E-state index >= 15 is 0 Å². The van der Waals surface area contributed by atoms with Gasteiger partial charge in [0.05, 0.1) is 12.8 Å². The third-order valence-electron chi connectivity index (χ3n) is 6.04. The average Bonchev–Trinajstić information content (AvgIpc) is 3.60. The summed E-state index contributed by atoms with van der Waals surface area (Å²) in [5, 5.41) is 2.03. The number of nitrogens with zero attached hydrogens (tertiary/aromatic N) is 2. The number of carbonyl (C=O) groups is 2. The third-order valence-corrected chi connectivity index (χ3v) is 7.05. The van der Waals surface area contributed by atoms with Crippen LogP contribution in [0.1, 0.15) is 46.8 Å². The Morgan fingerprint density at radius 3 is 2.62 bits per heavy atom. The predicted octanol–water partition coefficient (Wildman–Crippen LogP) is 5.10. The fourth-order valence-corrected chi connectivity index (χ4v) is 4.70. The molecule has 0 bridgehead atoms. The second-order valence-corrected chi connectivity index (χ2v) is 9.64. The summed E-state index contributed by atoms with van der Waals surface area (Å²) < 4.78 is 16.3. The minimum Gasteiger partial charge on any atom is -0.459 e. The molecule has 3 aromatic rings. The van der Waals surface area contributed by atoms with Gasteiger partial charge in [0.25, 0.3) is 5.91 Å². The molecule has 1 atom stereocenters. The molecule has 0 fully saturated rings. The molecule has 0 saturated carbocycles. The number of furan rings is 1. The number of fused-ring (bicyclic) bond motifs is 1. The Morgan fingerprint density at radius 1 is 1.09 bits per heavy atom. The number of benzene rings is 1. The highest BCUT2D eigenvalue weighted by Gasteiger charge is 2.26. The molecule has 0 aliphatic carbocycles. The highest BCUT2D eigenvalue weighted by Crippen LogP contribution is 2.33. The predicted molar refractivity (Wildman–Crippen MR) is 130 cm³/mol. The largest absolute Gasteiger partial charge is 0.459 e. The molecule has 0 N–H and O–H groups in total. The van der Waals surface area contributed by atoms with E-state index in [0.717, 1.165) is 22.4 Å². The minimum atomic E-state index is -0.269. The number of ether oxygens (including phenoxy) is 2. The lowest BCUT2D eigenvalue weighted by Crippen LogP contribution is -2.44. The maximum Gasteiger partial charge on any atom is 0.290 e. The second kappa shape index (κ2) is 10.8. The van der Waals surface area contributed by atoms with E-state index in [-0.39, 0.29) is 36.8 Å². The molecule has 1 aliphatic rings. The van der Waals surface area contributed by atoms with E-state index in [1.807, 2.05) is 30.5 Å². The van der Waals surface area contributed by atoms with Crippen molar-refractivity contribution < 1.29 is 23.5 Å². The van der Waals surface area contributed by atoms with Gasteiger partial charge in [-0.3, -0.25) is 9.59 Å². The lowest BCUT2D eigenvalue weighted by Gasteiger charge is -2.29. The highest BCUT2D eigenvalue weighted by atomic mass is 32.1. The Bertz CT molecular complexity index is 1120. The molecule has 3 heterocycles. The standard InChI is InChI=1S/C26H30N2O5S/c1-4-18(2)13-28(26(30)22-6-5-10-31-22)16-25(29)27(15-24-19(3)9-11-34-24)14-20-7-8-21-23(12-20)33-17-32-21/h5-12,18H,4,13-17H2,1-3H3/t18-/m0/s1. The van der Waals surface area contributed by atoms with Gasteiger partial charge in [-0.05, 0) is 59.7 Å². The molecule has 2 amide bonds. The van der Waals surface area contributed by atoms with Crippen LogP contribution in [0, 0.1) is 12.8 Å². The summed E-state index contributed by atoms with van der Waals surface area (Å²) in [6.07, 6.45) is 2.38. The number of hydrogen-bond donors (Lipinski definition) is 0. The van der Waals surface area contributed by atoms with Gasteiger partial charge in [-0.2, -0.15) is 0 Å². The van der Waals surface area contributed by atoms with E-state index in [1.165, 1.54) is 6.26 Å². The summed E-state index contributed by atoms with van der Waals surface area (Å²) in [5.41, 5.74) is 2.09. The van der Waals surface area contributed by atoms with Gasteiger partial charge in [-0.15, -0.1) is 11.3 Å². The Kier molecular flexibility index (Phi) is 7.57. The van der Waals surface area contributed by atoms with Crippen molar-refractivity contribution in [2.24, 2.45) is 5.92 Å². The van der Waals surface area contributed by atoms with Crippen molar-refractivity contribution in [1.29, 1.82) is 0 Å². The molecule has 4 rings (SSSR count). The van der Waals surface area contributed by atoms with E-state index in [9.17, 15) is 9.59 Å². The second-order valence-electron chi connectivity index (χ2n) is 8.64. The summed E-state index contributed by atoms with van der Waals surface area (Å²) in [7, 11) is 0. The van der Waals surface area contributed by atoms with Gasteiger partial charge >= 0.3 is 0 Å². The maximum atomic E-state index is 13.6. The van der Waals surface area contributed by atoms with Crippen LogP contribution in [-0.2, 0) is 17.9 Å². The summed E-state index contributed by atoms with van der Waals surface area (Å²) in [5.74, 6) is 1.51. The van der Waals surface area contributed by atoms with E-state index in [0.29, 0.717) is 31.1 Å². The van der Waals surface area contributed by atoms with E-state index in [1.54, 1.807) is 33.3 Å². The molecule has 0 radical (unpaired) electrons. The number of thiophene rings is 1. The average molecular weight is 483 g/mol. The molecule has 0 spiro atoms. The molecule has 1 aromatic carbocycles. The normalized spacial score (nSPS) is 13.0. The fourth-order valence-electron chi connectivity index (χ4n) is 3.78. The maximum absolute atomic E-state index is 13.6. The van der Waals surface area contributed by atoms with Gasteiger partial charge in [0.1, 0.15) is 6.54 Å². The van der Waals surface area contributed by atoms with Crippen LogP contribution in [-0.4, -0.2) is 41.5 Å². The first-order chi connectivity index (χ1) is 16.4. The van der Waals surface area contributed by atoms with Crippen LogP contribution in [0.4, 0.5) is 0 Å². The minimum absolute atomic E-state index is 0.0150. The Hall–Kier alpha value is -3.26. The zero-order chi connectivity index (χ0) is 24.1.